The van der Waals surface area contributed by atoms with Crippen LogP contribution in [-0.2, 0) is 0 Å². The molecule has 0 aliphatic carbocycles. The standard InChI is InChI=1S/C16H26N4O/c1-12(2)10-18-16(17)19-11-14(20(3)4)13-8-6-7-9-15(13)21-5/h6-9,14H,1,10-11H2,2-5H3,(H3,17,18,19). The first kappa shape index (κ1) is 17.0. The Balaban J connectivity index is 2.83. The van der Waals surface area contributed by atoms with Crippen molar-refractivity contribution in [1.82, 2.24) is 10.2 Å². The van der Waals surface area contributed by atoms with E-state index in [0.29, 0.717) is 19.0 Å². The van der Waals surface area contributed by atoms with Crippen LogP contribution >= 0.6 is 0 Å². The number of benzene rings is 1. The average Bonchev–Trinajstić information content (AvgIpc) is 2.45. The van der Waals surface area contributed by atoms with Crippen LogP contribution in [0.4, 0.5) is 0 Å². The van der Waals surface area contributed by atoms with Crippen LogP contribution in [0.3, 0.4) is 0 Å². The summed E-state index contributed by atoms with van der Waals surface area (Å²) in [4.78, 5) is 6.52. The van der Waals surface area contributed by atoms with Crippen LogP contribution in [0, 0.1) is 0 Å². The predicted octanol–water partition coefficient (Wildman–Crippen LogP) is 1.78. The highest BCUT2D eigenvalue weighted by atomic mass is 16.5. The molecule has 0 amide bonds. The van der Waals surface area contributed by atoms with E-state index in [1.54, 1.807) is 7.11 Å². The highest BCUT2D eigenvalue weighted by Crippen LogP contribution is 2.27. The van der Waals surface area contributed by atoms with Crippen LogP contribution in [0.15, 0.2) is 41.4 Å². The smallest absolute Gasteiger partial charge is 0.188 e. The lowest BCUT2D eigenvalue weighted by Crippen LogP contribution is -2.34. The fourth-order valence-corrected chi connectivity index (χ4v) is 1.96. The second-order valence-corrected chi connectivity index (χ2v) is 5.26. The van der Waals surface area contributed by atoms with Crippen LogP contribution in [0.1, 0.15) is 18.5 Å². The molecule has 0 saturated heterocycles. The van der Waals surface area contributed by atoms with Crippen LogP contribution in [-0.4, -0.2) is 45.2 Å². The predicted molar refractivity (Wildman–Crippen MR) is 88.7 cm³/mol. The molecule has 116 valence electrons. The number of aliphatic imine (C=N–C) groups is 1. The molecule has 1 atom stereocenters. The molecule has 0 aliphatic heterocycles. The van der Waals surface area contributed by atoms with Gasteiger partial charge < -0.3 is 20.7 Å². The van der Waals surface area contributed by atoms with Crippen molar-refractivity contribution >= 4 is 5.96 Å². The summed E-state index contributed by atoms with van der Waals surface area (Å²) in [7, 11) is 5.71. The maximum Gasteiger partial charge on any atom is 0.188 e. The molecule has 1 aromatic carbocycles. The molecule has 1 unspecified atom stereocenters. The molecule has 0 bridgehead atoms. The molecule has 0 saturated carbocycles. The van der Waals surface area contributed by atoms with Gasteiger partial charge in [-0.05, 0) is 27.1 Å². The minimum atomic E-state index is 0.103. The molecule has 21 heavy (non-hydrogen) atoms. The van der Waals surface area contributed by atoms with Crippen LogP contribution in [0.25, 0.3) is 0 Å². The fraction of sp³-hybridized carbons (Fsp3) is 0.438. The Morgan fingerprint density at radius 3 is 2.67 bits per heavy atom. The number of nitrogens with zero attached hydrogens (tertiary/aromatic N) is 2. The second kappa shape index (κ2) is 8.32. The van der Waals surface area contributed by atoms with Crippen molar-refractivity contribution in [2.75, 3.05) is 34.3 Å². The maximum atomic E-state index is 5.87. The number of ether oxygens (including phenoxy) is 1. The van der Waals surface area contributed by atoms with Gasteiger partial charge in [0.05, 0.1) is 19.7 Å². The third kappa shape index (κ3) is 5.47. The van der Waals surface area contributed by atoms with Crippen molar-refractivity contribution in [1.29, 1.82) is 0 Å². The van der Waals surface area contributed by atoms with Crippen LogP contribution < -0.4 is 15.8 Å². The number of likely N-dealkylation sites (N-methyl/N-ethyl adjacent to an activating group) is 1. The fourth-order valence-electron chi connectivity index (χ4n) is 1.96. The van der Waals surface area contributed by atoms with Gasteiger partial charge in [0.1, 0.15) is 5.75 Å². The monoisotopic (exact) mass is 290 g/mol. The lowest BCUT2D eigenvalue weighted by molar-refractivity contribution is 0.295. The van der Waals surface area contributed by atoms with Gasteiger partial charge in [-0.15, -0.1) is 0 Å². The molecule has 0 spiro atoms. The number of hydrogen-bond donors (Lipinski definition) is 2. The van der Waals surface area contributed by atoms with E-state index >= 15 is 0 Å². The highest BCUT2D eigenvalue weighted by molar-refractivity contribution is 5.78. The highest BCUT2D eigenvalue weighted by Gasteiger charge is 2.17. The van der Waals surface area contributed by atoms with E-state index in [-0.39, 0.29) is 6.04 Å². The van der Waals surface area contributed by atoms with Crippen molar-refractivity contribution in [2.45, 2.75) is 13.0 Å². The van der Waals surface area contributed by atoms with Gasteiger partial charge in [0, 0.05) is 12.1 Å². The molecule has 1 rings (SSSR count). The van der Waals surface area contributed by atoms with E-state index in [9.17, 15) is 0 Å². The Morgan fingerprint density at radius 1 is 1.43 bits per heavy atom. The van der Waals surface area contributed by atoms with Gasteiger partial charge in [-0.1, -0.05) is 30.4 Å². The van der Waals surface area contributed by atoms with Gasteiger partial charge >= 0.3 is 0 Å². The number of nitrogens with two attached hydrogens (primary N) is 1. The van der Waals surface area contributed by atoms with Gasteiger partial charge in [-0.2, -0.15) is 0 Å². The van der Waals surface area contributed by atoms with E-state index in [1.807, 2.05) is 39.2 Å². The minimum absolute atomic E-state index is 0.103. The van der Waals surface area contributed by atoms with Crippen LogP contribution in [0.5, 0.6) is 5.75 Å². The number of rotatable bonds is 7. The molecule has 0 heterocycles. The molecule has 0 aromatic heterocycles. The summed E-state index contributed by atoms with van der Waals surface area (Å²) >= 11 is 0. The topological polar surface area (TPSA) is 62.9 Å². The Morgan fingerprint density at radius 2 is 2.10 bits per heavy atom. The molecule has 0 aliphatic rings. The summed E-state index contributed by atoms with van der Waals surface area (Å²) in [6, 6.07) is 8.07. The van der Waals surface area contributed by atoms with Crippen molar-refractivity contribution in [2.24, 2.45) is 10.7 Å². The maximum absolute atomic E-state index is 5.87. The summed E-state index contributed by atoms with van der Waals surface area (Å²) in [5.74, 6) is 1.29. The summed E-state index contributed by atoms with van der Waals surface area (Å²) in [6.45, 7) is 6.96. The van der Waals surface area contributed by atoms with E-state index in [2.05, 4.69) is 27.9 Å². The third-order valence-corrected chi connectivity index (χ3v) is 3.13. The molecule has 3 N–H and O–H groups in total. The Labute approximate surface area is 127 Å². The SMILES string of the molecule is C=C(C)CNC(N)=NCC(c1ccccc1OC)N(C)C. The van der Waals surface area contributed by atoms with Crippen molar-refractivity contribution in [3.63, 3.8) is 0 Å². The zero-order chi connectivity index (χ0) is 15.8. The molecule has 0 radical (unpaired) electrons. The number of para-hydroxylation sites is 1. The Bertz CT molecular complexity index is 497. The lowest BCUT2D eigenvalue weighted by atomic mass is 10.0. The molecule has 5 heteroatoms. The molecular formula is C16H26N4O. The summed E-state index contributed by atoms with van der Waals surface area (Å²) < 4.78 is 5.43. The van der Waals surface area contributed by atoms with Gasteiger partial charge in [0.15, 0.2) is 5.96 Å². The average molecular weight is 290 g/mol. The Kier molecular flexibility index (Phi) is 6.75. The van der Waals surface area contributed by atoms with Crippen LogP contribution in [0.2, 0.25) is 0 Å². The van der Waals surface area contributed by atoms with Crippen molar-refractivity contribution in [3.05, 3.63) is 42.0 Å². The molecule has 1 aromatic rings. The zero-order valence-corrected chi connectivity index (χ0v) is 13.4. The third-order valence-electron chi connectivity index (χ3n) is 3.13. The van der Waals surface area contributed by atoms with Gasteiger partial charge in [0.25, 0.3) is 0 Å². The van der Waals surface area contributed by atoms with E-state index in [4.69, 9.17) is 10.5 Å². The quantitative estimate of drug-likeness (QED) is 0.456. The summed E-state index contributed by atoms with van der Waals surface area (Å²) in [5.41, 5.74) is 7.98. The van der Waals surface area contributed by atoms with Crippen molar-refractivity contribution in [3.8, 4) is 5.75 Å². The first-order valence-corrected chi connectivity index (χ1v) is 6.93. The van der Waals surface area contributed by atoms with E-state index in [1.165, 1.54) is 0 Å². The van der Waals surface area contributed by atoms with E-state index < -0.39 is 0 Å². The first-order chi connectivity index (χ1) is 9.95. The van der Waals surface area contributed by atoms with Gasteiger partial charge in [-0.25, -0.2) is 0 Å². The summed E-state index contributed by atoms with van der Waals surface area (Å²) in [5, 5.41) is 3.03. The normalized spacial score (nSPS) is 13.1. The second-order valence-electron chi connectivity index (χ2n) is 5.26. The zero-order valence-electron chi connectivity index (χ0n) is 13.4. The van der Waals surface area contributed by atoms with Gasteiger partial charge in [-0.3, -0.25) is 4.99 Å². The number of hydrogen-bond acceptors (Lipinski definition) is 3. The largest absolute Gasteiger partial charge is 0.496 e. The Hall–Kier alpha value is -2.01. The number of guanidine groups is 1. The number of methoxy groups -OCH3 is 1. The summed E-state index contributed by atoms with van der Waals surface area (Å²) in [6.07, 6.45) is 0. The molecule has 0 fully saturated rings. The number of nitrogens with one attached hydrogen (secondary N) is 1. The van der Waals surface area contributed by atoms with Gasteiger partial charge in [0.2, 0.25) is 0 Å². The lowest BCUT2D eigenvalue weighted by Gasteiger charge is -2.25. The van der Waals surface area contributed by atoms with E-state index in [0.717, 1.165) is 16.9 Å². The molecular weight excluding hydrogens is 264 g/mol. The van der Waals surface area contributed by atoms with Crippen molar-refractivity contribution < 1.29 is 4.74 Å². The minimum Gasteiger partial charge on any atom is -0.496 e. The molecule has 5 nitrogen and oxygen atoms in total. The first-order valence-electron chi connectivity index (χ1n) is 6.93.